The van der Waals surface area contributed by atoms with Gasteiger partial charge in [-0.2, -0.15) is 0 Å². The Hall–Kier alpha value is -2.09. The van der Waals surface area contributed by atoms with Crippen molar-refractivity contribution in [3.8, 4) is 0 Å². The van der Waals surface area contributed by atoms with Crippen molar-refractivity contribution in [1.29, 1.82) is 0 Å². The van der Waals surface area contributed by atoms with Crippen LogP contribution in [0.2, 0.25) is 0 Å². The Morgan fingerprint density at radius 3 is 2.54 bits per heavy atom. The first kappa shape index (κ1) is 22.2. The van der Waals surface area contributed by atoms with Gasteiger partial charge in [0.05, 0.1) is 12.2 Å². The molecule has 6 heteroatoms. The van der Waals surface area contributed by atoms with Gasteiger partial charge in [0.25, 0.3) is 0 Å². The van der Waals surface area contributed by atoms with Gasteiger partial charge in [-0.15, -0.1) is 24.0 Å². The van der Waals surface area contributed by atoms with E-state index in [9.17, 15) is 0 Å². The standard InChI is InChI=1S/C22H29N5.HI/c1-4-23-21(25-17-22(2,3)18-10-6-5-7-11-18)24-14-13-19-16-27-15-9-8-12-20(27)26-19;/h5-12,15-16H,4,13-14,17H2,1-3H3,(H2,23,24,25);1H. The predicted molar refractivity (Wildman–Crippen MR) is 128 cm³/mol. The lowest BCUT2D eigenvalue weighted by Gasteiger charge is -2.23. The molecule has 0 atom stereocenters. The zero-order valence-electron chi connectivity index (χ0n) is 16.9. The zero-order valence-corrected chi connectivity index (χ0v) is 19.2. The molecule has 0 unspecified atom stereocenters. The van der Waals surface area contributed by atoms with E-state index in [2.05, 4.69) is 71.3 Å². The number of guanidine groups is 1. The van der Waals surface area contributed by atoms with E-state index in [1.54, 1.807) is 0 Å². The third kappa shape index (κ3) is 5.95. The van der Waals surface area contributed by atoms with E-state index in [0.29, 0.717) is 0 Å². The Kier molecular flexibility index (Phi) is 8.29. The summed E-state index contributed by atoms with van der Waals surface area (Å²) in [6.45, 7) is 8.90. The van der Waals surface area contributed by atoms with E-state index in [1.165, 1.54) is 5.56 Å². The fourth-order valence-electron chi connectivity index (χ4n) is 3.02. The smallest absolute Gasteiger partial charge is 0.191 e. The van der Waals surface area contributed by atoms with E-state index < -0.39 is 0 Å². The molecule has 28 heavy (non-hydrogen) atoms. The number of imidazole rings is 1. The van der Waals surface area contributed by atoms with Gasteiger partial charge >= 0.3 is 0 Å². The number of rotatable bonds is 7. The quantitative estimate of drug-likeness (QED) is 0.298. The lowest BCUT2D eigenvalue weighted by molar-refractivity contribution is 0.537. The number of halogens is 1. The maximum atomic E-state index is 4.80. The molecular formula is C22H30IN5. The van der Waals surface area contributed by atoms with Gasteiger partial charge in [-0.25, -0.2) is 4.98 Å². The van der Waals surface area contributed by atoms with Crippen molar-refractivity contribution >= 4 is 35.6 Å². The minimum Gasteiger partial charge on any atom is -0.357 e. The van der Waals surface area contributed by atoms with Gasteiger partial charge in [0.2, 0.25) is 0 Å². The third-order valence-electron chi connectivity index (χ3n) is 4.62. The van der Waals surface area contributed by atoms with Crippen LogP contribution < -0.4 is 10.6 Å². The summed E-state index contributed by atoms with van der Waals surface area (Å²) in [5.74, 6) is 0.852. The summed E-state index contributed by atoms with van der Waals surface area (Å²) in [7, 11) is 0. The van der Waals surface area contributed by atoms with E-state index in [-0.39, 0.29) is 29.4 Å². The molecule has 0 aliphatic carbocycles. The number of benzene rings is 1. The second-order valence-electron chi connectivity index (χ2n) is 7.32. The number of pyridine rings is 1. The molecule has 5 nitrogen and oxygen atoms in total. The second kappa shape index (κ2) is 10.5. The highest BCUT2D eigenvalue weighted by atomic mass is 127. The van der Waals surface area contributed by atoms with Crippen molar-refractivity contribution in [2.45, 2.75) is 32.6 Å². The monoisotopic (exact) mass is 491 g/mol. The molecule has 150 valence electrons. The first-order valence-corrected chi connectivity index (χ1v) is 9.59. The molecule has 2 heterocycles. The van der Waals surface area contributed by atoms with Gasteiger partial charge in [-0.3, -0.25) is 4.99 Å². The number of hydrogen-bond acceptors (Lipinski definition) is 2. The van der Waals surface area contributed by atoms with Gasteiger partial charge in [-0.1, -0.05) is 50.2 Å². The lowest BCUT2D eigenvalue weighted by Crippen LogP contribution is -2.39. The van der Waals surface area contributed by atoms with E-state index in [0.717, 1.165) is 43.4 Å². The number of aliphatic imine (C=N–C) groups is 1. The van der Waals surface area contributed by atoms with Gasteiger partial charge < -0.3 is 15.0 Å². The van der Waals surface area contributed by atoms with Crippen LogP contribution in [0.3, 0.4) is 0 Å². The number of fused-ring (bicyclic) bond motifs is 1. The second-order valence-corrected chi connectivity index (χ2v) is 7.32. The van der Waals surface area contributed by atoms with E-state index in [4.69, 9.17) is 4.99 Å². The molecular weight excluding hydrogens is 461 g/mol. The first-order chi connectivity index (χ1) is 13.1. The van der Waals surface area contributed by atoms with Crippen LogP contribution in [0, 0.1) is 0 Å². The summed E-state index contributed by atoms with van der Waals surface area (Å²) in [5, 5.41) is 6.76. The Morgan fingerprint density at radius 1 is 1.07 bits per heavy atom. The highest BCUT2D eigenvalue weighted by Gasteiger charge is 2.20. The Bertz CT molecular complexity index is 853. The average molecular weight is 491 g/mol. The van der Waals surface area contributed by atoms with Gasteiger partial charge in [0, 0.05) is 37.3 Å². The predicted octanol–water partition coefficient (Wildman–Crippen LogP) is 4.03. The minimum absolute atomic E-state index is 0. The fourth-order valence-corrected chi connectivity index (χ4v) is 3.02. The normalized spacial score (nSPS) is 11.9. The van der Waals surface area contributed by atoms with Crippen LogP contribution >= 0.6 is 24.0 Å². The molecule has 0 saturated heterocycles. The molecule has 0 aliphatic rings. The van der Waals surface area contributed by atoms with Gasteiger partial charge in [0.15, 0.2) is 5.96 Å². The molecule has 0 bridgehead atoms. The average Bonchev–Trinajstić information content (AvgIpc) is 3.09. The summed E-state index contributed by atoms with van der Waals surface area (Å²) in [4.78, 5) is 9.45. The van der Waals surface area contributed by atoms with Crippen molar-refractivity contribution in [2.75, 3.05) is 19.6 Å². The maximum absolute atomic E-state index is 4.80. The van der Waals surface area contributed by atoms with Crippen LogP contribution in [-0.2, 0) is 11.8 Å². The topological polar surface area (TPSA) is 53.7 Å². The number of hydrogen-bond donors (Lipinski definition) is 2. The summed E-state index contributed by atoms with van der Waals surface area (Å²) in [5.41, 5.74) is 3.35. The van der Waals surface area contributed by atoms with Crippen molar-refractivity contribution in [2.24, 2.45) is 4.99 Å². The van der Waals surface area contributed by atoms with Crippen molar-refractivity contribution in [3.05, 3.63) is 72.2 Å². The lowest BCUT2D eigenvalue weighted by atomic mass is 9.85. The first-order valence-electron chi connectivity index (χ1n) is 9.59. The molecule has 0 saturated carbocycles. The largest absolute Gasteiger partial charge is 0.357 e. The van der Waals surface area contributed by atoms with Crippen LogP contribution in [0.1, 0.15) is 32.0 Å². The fraction of sp³-hybridized carbons (Fsp3) is 0.364. The molecule has 0 aliphatic heterocycles. The highest BCUT2D eigenvalue weighted by Crippen LogP contribution is 2.22. The van der Waals surface area contributed by atoms with Crippen LogP contribution in [0.25, 0.3) is 5.65 Å². The summed E-state index contributed by atoms with van der Waals surface area (Å²) < 4.78 is 2.05. The van der Waals surface area contributed by atoms with Crippen LogP contribution in [0.5, 0.6) is 0 Å². The number of nitrogens with one attached hydrogen (secondary N) is 2. The molecule has 3 aromatic rings. The highest BCUT2D eigenvalue weighted by molar-refractivity contribution is 14.0. The molecule has 2 aromatic heterocycles. The molecule has 0 spiro atoms. The molecule has 2 N–H and O–H groups in total. The Balaban J connectivity index is 0.00000280. The van der Waals surface area contributed by atoms with Crippen LogP contribution in [0.15, 0.2) is 65.9 Å². The summed E-state index contributed by atoms with van der Waals surface area (Å²) in [6, 6.07) is 16.6. The van der Waals surface area contributed by atoms with E-state index in [1.807, 2.05) is 30.5 Å². The van der Waals surface area contributed by atoms with Crippen LogP contribution in [0.4, 0.5) is 0 Å². The minimum atomic E-state index is -0.00872. The zero-order chi connectivity index (χ0) is 19.1. The summed E-state index contributed by atoms with van der Waals surface area (Å²) in [6.07, 6.45) is 4.96. The molecule has 0 amide bonds. The van der Waals surface area contributed by atoms with Crippen molar-refractivity contribution in [1.82, 2.24) is 20.0 Å². The molecule has 0 radical (unpaired) electrons. The molecule has 1 aromatic carbocycles. The van der Waals surface area contributed by atoms with Crippen molar-refractivity contribution < 1.29 is 0 Å². The Labute approximate surface area is 184 Å². The van der Waals surface area contributed by atoms with Gasteiger partial charge in [0.1, 0.15) is 5.65 Å². The molecule has 3 rings (SSSR count). The maximum Gasteiger partial charge on any atom is 0.191 e. The third-order valence-corrected chi connectivity index (χ3v) is 4.62. The van der Waals surface area contributed by atoms with Crippen molar-refractivity contribution in [3.63, 3.8) is 0 Å². The van der Waals surface area contributed by atoms with Gasteiger partial charge in [-0.05, 0) is 24.6 Å². The summed E-state index contributed by atoms with van der Waals surface area (Å²) >= 11 is 0. The molecule has 0 fully saturated rings. The van der Waals surface area contributed by atoms with Crippen LogP contribution in [-0.4, -0.2) is 35.0 Å². The number of nitrogens with zero attached hydrogens (tertiary/aromatic N) is 3. The number of aromatic nitrogens is 2. The Morgan fingerprint density at radius 2 is 1.82 bits per heavy atom. The van der Waals surface area contributed by atoms with E-state index >= 15 is 0 Å². The SMILES string of the molecule is CCNC(=NCC(C)(C)c1ccccc1)NCCc1cn2ccccc2n1.I.